The molecule has 1 heterocycles. The highest BCUT2D eigenvalue weighted by Crippen LogP contribution is 1.91. The van der Waals surface area contributed by atoms with Gasteiger partial charge >= 0.3 is 0 Å². The van der Waals surface area contributed by atoms with Crippen LogP contribution in [0.5, 0.6) is 0 Å². The predicted molar refractivity (Wildman–Crippen MR) is 40.6 cm³/mol. The highest BCUT2D eigenvalue weighted by Gasteiger charge is 1.85. The Labute approximate surface area is 60.6 Å². The van der Waals surface area contributed by atoms with Crippen molar-refractivity contribution in [2.75, 3.05) is 0 Å². The van der Waals surface area contributed by atoms with Crippen molar-refractivity contribution in [1.29, 1.82) is 0 Å². The van der Waals surface area contributed by atoms with Crippen molar-refractivity contribution in [2.24, 2.45) is 0 Å². The second-order valence-electron chi connectivity index (χ2n) is 1.97. The summed E-state index contributed by atoms with van der Waals surface area (Å²) in [5, 5.41) is 0. The highest BCUT2D eigenvalue weighted by atomic mass is 14.8. The van der Waals surface area contributed by atoms with E-state index in [1.165, 1.54) is 0 Å². The molecule has 0 aliphatic carbocycles. The third kappa shape index (κ3) is 1.97. The standard InChI is InChI=1S/C8H10N2/c1-2-3-4-8-7-9-5-6-10-8/h2-3,5-7H,4H2,1H3. The molecule has 0 radical (unpaired) electrons. The van der Waals surface area contributed by atoms with Crippen molar-refractivity contribution < 1.29 is 0 Å². The Morgan fingerprint density at radius 2 is 2.40 bits per heavy atom. The molecule has 2 nitrogen and oxygen atoms in total. The fourth-order valence-electron chi connectivity index (χ4n) is 0.674. The molecule has 2 heteroatoms. The zero-order valence-corrected chi connectivity index (χ0v) is 5.99. The molecule has 0 spiro atoms. The lowest BCUT2D eigenvalue weighted by atomic mass is 10.3. The van der Waals surface area contributed by atoms with Crippen LogP contribution in [0.3, 0.4) is 0 Å². The first kappa shape index (κ1) is 6.93. The van der Waals surface area contributed by atoms with E-state index in [1.807, 2.05) is 13.0 Å². The van der Waals surface area contributed by atoms with Gasteiger partial charge in [0.2, 0.25) is 0 Å². The van der Waals surface area contributed by atoms with Crippen LogP contribution in [-0.2, 0) is 6.42 Å². The molecule has 0 saturated carbocycles. The van der Waals surface area contributed by atoms with E-state index >= 15 is 0 Å². The van der Waals surface area contributed by atoms with E-state index in [9.17, 15) is 0 Å². The minimum absolute atomic E-state index is 0.879. The van der Waals surface area contributed by atoms with Crippen molar-refractivity contribution >= 4 is 0 Å². The van der Waals surface area contributed by atoms with Gasteiger partial charge < -0.3 is 0 Å². The van der Waals surface area contributed by atoms with Gasteiger partial charge in [-0.3, -0.25) is 9.97 Å². The molecular weight excluding hydrogens is 124 g/mol. The average Bonchev–Trinajstić information content (AvgIpc) is 2.03. The topological polar surface area (TPSA) is 25.8 Å². The summed E-state index contributed by atoms with van der Waals surface area (Å²) >= 11 is 0. The van der Waals surface area contributed by atoms with E-state index in [0.717, 1.165) is 12.1 Å². The normalized spacial score (nSPS) is 10.5. The second-order valence-corrected chi connectivity index (χ2v) is 1.97. The summed E-state index contributed by atoms with van der Waals surface area (Å²) in [7, 11) is 0. The number of rotatable bonds is 2. The smallest absolute Gasteiger partial charge is 0.0624 e. The van der Waals surface area contributed by atoms with Crippen LogP contribution in [0.15, 0.2) is 30.7 Å². The minimum atomic E-state index is 0.879. The van der Waals surface area contributed by atoms with Crippen molar-refractivity contribution in [2.45, 2.75) is 13.3 Å². The largest absolute Gasteiger partial charge is 0.261 e. The van der Waals surface area contributed by atoms with Gasteiger partial charge in [-0.05, 0) is 6.92 Å². The Morgan fingerprint density at radius 3 is 3.00 bits per heavy atom. The van der Waals surface area contributed by atoms with Crippen LogP contribution in [0, 0.1) is 0 Å². The number of allylic oxidation sites excluding steroid dienone is 2. The highest BCUT2D eigenvalue weighted by molar-refractivity contribution is 5.00. The Kier molecular flexibility index (Phi) is 2.62. The van der Waals surface area contributed by atoms with Gasteiger partial charge in [-0.1, -0.05) is 12.2 Å². The minimum Gasteiger partial charge on any atom is -0.261 e. The zero-order valence-electron chi connectivity index (χ0n) is 5.99. The maximum absolute atomic E-state index is 4.10. The Balaban J connectivity index is 2.59. The second kappa shape index (κ2) is 3.77. The van der Waals surface area contributed by atoms with Crippen molar-refractivity contribution in [3.8, 4) is 0 Å². The molecule has 0 aliphatic heterocycles. The van der Waals surface area contributed by atoms with Gasteiger partial charge in [0, 0.05) is 25.0 Å². The van der Waals surface area contributed by atoms with Crippen molar-refractivity contribution in [3.63, 3.8) is 0 Å². The molecule has 10 heavy (non-hydrogen) atoms. The van der Waals surface area contributed by atoms with Crippen LogP contribution in [0.1, 0.15) is 12.6 Å². The van der Waals surface area contributed by atoms with Crippen LogP contribution in [0.4, 0.5) is 0 Å². The van der Waals surface area contributed by atoms with Crippen LogP contribution < -0.4 is 0 Å². The quantitative estimate of drug-likeness (QED) is 0.574. The van der Waals surface area contributed by atoms with Gasteiger partial charge in [-0.25, -0.2) is 0 Å². The lowest BCUT2D eigenvalue weighted by Crippen LogP contribution is -1.86. The molecule has 0 aliphatic rings. The average molecular weight is 134 g/mol. The summed E-state index contributed by atoms with van der Waals surface area (Å²) in [6, 6.07) is 0. The van der Waals surface area contributed by atoms with E-state index in [4.69, 9.17) is 0 Å². The number of hydrogen-bond donors (Lipinski definition) is 0. The molecule has 52 valence electrons. The van der Waals surface area contributed by atoms with Gasteiger partial charge in [0.25, 0.3) is 0 Å². The van der Waals surface area contributed by atoms with Crippen LogP contribution in [-0.4, -0.2) is 9.97 Å². The fraction of sp³-hybridized carbons (Fsp3) is 0.250. The van der Waals surface area contributed by atoms with Gasteiger partial charge in [-0.15, -0.1) is 0 Å². The summed E-state index contributed by atoms with van der Waals surface area (Å²) in [5.41, 5.74) is 1.01. The van der Waals surface area contributed by atoms with Gasteiger partial charge in [-0.2, -0.15) is 0 Å². The molecule has 1 aromatic rings. The molecule has 0 N–H and O–H groups in total. The van der Waals surface area contributed by atoms with E-state index in [1.54, 1.807) is 18.6 Å². The number of nitrogens with zero attached hydrogens (tertiary/aromatic N) is 2. The van der Waals surface area contributed by atoms with Gasteiger partial charge in [0.1, 0.15) is 0 Å². The first-order valence-electron chi connectivity index (χ1n) is 3.29. The molecule has 0 saturated heterocycles. The van der Waals surface area contributed by atoms with E-state index in [-0.39, 0.29) is 0 Å². The maximum atomic E-state index is 4.10. The molecule has 0 unspecified atom stereocenters. The fourth-order valence-corrected chi connectivity index (χ4v) is 0.674. The molecule has 1 rings (SSSR count). The van der Waals surface area contributed by atoms with Crippen LogP contribution in [0.2, 0.25) is 0 Å². The van der Waals surface area contributed by atoms with Crippen LogP contribution in [0.25, 0.3) is 0 Å². The molecule has 0 bridgehead atoms. The van der Waals surface area contributed by atoms with Crippen LogP contribution >= 0.6 is 0 Å². The SMILES string of the molecule is CC=CCc1cnccn1. The predicted octanol–water partition coefficient (Wildman–Crippen LogP) is 1.60. The maximum Gasteiger partial charge on any atom is 0.0624 e. The Morgan fingerprint density at radius 1 is 1.50 bits per heavy atom. The van der Waals surface area contributed by atoms with Crippen molar-refractivity contribution in [3.05, 3.63) is 36.4 Å². The monoisotopic (exact) mass is 134 g/mol. The van der Waals surface area contributed by atoms with E-state index in [2.05, 4.69) is 16.0 Å². The summed E-state index contributed by atoms with van der Waals surface area (Å²) in [6.45, 7) is 2.00. The third-order valence-electron chi connectivity index (χ3n) is 1.18. The number of hydrogen-bond acceptors (Lipinski definition) is 2. The molecule has 0 fully saturated rings. The molecule has 0 amide bonds. The lowest BCUT2D eigenvalue weighted by Gasteiger charge is -1.90. The first-order chi connectivity index (χ1) is 4.93. The van der Waals surface area contributed by atoms with Gasteiger partial charge in [0.15, 0.2) is 0 Å². The summed E-state index contributed by atoms with van der Waals surface area (Å²) in [4.78, 5) is 8.04. The summed E-state index contributed by atoms with van der Waals surface area (Å²) in [6.07, 6.45) is 10.1. The Hall–Kier alpha value is -1.18. The third-order valence-corrected chi connectivity index (χ3v) is 1.18. The Bertz CT molecular complexity index is 204. The summed E-state index contributed by atoms with van der Waals surface area (Å²) < 4.78 is 0. The van der Waals surface area contributed by atoms with Gasteiger partial charge in [0.05, 0.1) is 5.69 Å². The zero-order chi connectivity index (χ0) is 7.23. The molecular formula is C8H10N2. The van der Waals surface area contributed by atoms with E-state index in [0.29, 0.717) is 0 Å². The molecule has 0 atom stereocenters. The first-order valence-corrected chi connectivity index (χ1v) is 3.29. The van der Waals surface area contributed by atoms with Crippen molar-refractivity contribution in [1.82, 2.24) is 9.97 Å². The number of aromatic nitrogens is 2. The molecule has 1 aromatic heterocycles. The summed E-state index contributed by atoms with van der Waals surface area (Å²) in [5.74, 6) is 0. The van der Waals surface area contributed by atoms with E-state index < -0.39 is 0 Å². The lowest BCUT2D eigenvalue weighted by molar-refractivity contribution is 1.05. The molecule has 0 aromatic carbocycles.